The highest BCUT2D eigenvalue weighted by molar-refractivity contribution is 8.00. The van der Waals surface area contributed by atoms with Crippen LogP contribution in [0.25, 0.3) is 0 Å². The van der Waals surface area contributed by atoms with E-state index < -0.39 is 29.4 Å². The van der Waals surface area contributed by atoms with Crippen LogP contribution in [0.3, 0.4) is 0 Å². The summed E-state index contributed by atoms with van der Waals surface area (Å²) in [5, 5.41) is 3.44. The molecule has 3 fully saturated rings. The molecule has 8 rings (SSSR count). The van der Waals surface area contributed by atoms with Crippen molar-refractivity contribution in [2.24, 2.45) is 29.6 Å². The van der Waals surface area contributed by atoms with Crippen molar-refractivity contribution in [1.29, 1.82) is 0 Å². The summed E-state index contributed by atoms with van der Waals surface area (Å²) in [6, 6.07) is 16.4. The Morgan fingerprint density at radius 2 is 1.60 bits per heavy atom. The average Bonchev–Trinajstić information content (AvgIpc) is 3.81. The number of fused-ring (bicyclic) bond motifs is 9. The molecule has 1 saturated heterocycles. The molecule has 2 aliphatic carbocycles. The number of carbonyl (C=O) groups is 3. The first-order chi connectivity index (χ1) is 23.2. The van der Waals surface area contributed by atoms with E-state index in [1.165, 1.54) is 53.4 Å². The summed E-state index contributed by atoms with van der Waals surface area (Å²) in [5.74, 6) is -2.40. The Labute approximate surface area is 281 Å². The van der Waals surface area contributed by atoms with Gasteiger partial charge in [-0.2, -0.15) is 0 Å². The van der Waals surface area contributed by atoms with Crippen LogP contribution in [0.4, 0.5) is 20.2 Å². The van der Waals surface area contributed by atoms with Crippen LogP contribution in [-0.2, 0) is 14.4 Å². The van der Waals surface area contributed by atoms with Gasteiger partial charge >= 0.3 is 4.87 Å². The van der Waals surface area contributed by atoms with E-state index in [4.69, 9.17) is 9.47 Å². The van der Waals surface area contributed by atoms with Gasteiger partial charge in [-0.15, -0.1) is 11.8 Å². The lowest BCUT2D eigenvalue weighted by Gasteiger charge is -2.43. The molecule has 4 aliphatic rings. The Bertz CT molecular complexity index is 2000. The Balaban J connectivity index is 1.10. The molecular formula is C35H29F2N3O6S2. The van der Waals surface area contributed by atoms with E-state index in [1.807, 2.05) is 19.1 Å². The number of aromatic amines is 1. The maximum atomic E-state index is 13.9. The summed E-state index contributed by atoms with van der Waals surface area (Å²) >= 11 is 2.75. The average molecular weight is 690 g/mol. The number of H-pyrrole nitrogens is 1. The number of thiazole rings is 1. The Kier molecular flexibility index (Phi) is 7.63. The van der Waals surface area contributed by atoms with Gasteiger partial charge in [0.2, 0.25) is 11.8 Å². The summed E-state index contributed by atoms with van der Waals surface area (Å²) in [5.41, 5.74) is 1.69. The van der Waals surface area contributed by atoms with Gasteiger partial charge in [0.1, 0.15) is 11.6 Å². The fourth-order valence-corrected chi connectivity index (χ4v) is 11.1. The van der Waals surface area contributed by atoms with Gasteiger partial charge in [0, 0.05) is 21.7 Å². The van der Waals surface area contributed by atoms with Crippen LogP contribution in [-0.4, -0.2) is 41.2 Å². The van der Waals surface area contributed by atoms with E-state index in [0.29, 0.717) is 29.5 Å². The second-order valence-electron chi connectivity index (χ2n) is 12.4. The van der Waals surface area contributed by atoms with Gasteiger partial charge in [0.25, 0.3) is 5.91 Å². The predicted octanol–water partition coefficient (Wildman–Crippen LogP) is 5.81. The second kappa shape index (κ2) is 11.9. The highest BCUT2D eigenvalue weighted by atomic mass is 32.2. The highest BCUT2D eigenvalue weighted by Crippen LogP contribution is 2.68. The van der Waals surface area contributed by atoms with Crippen molar-refractivity contribution in [1.82, 2.24) is 4.98 Å². The van der Waals surface area contributed by atoms with Crippen molar-refractivity contribution in [3.8, 4) is 11.5 Å². The molecule has 2 saturated carbocycles. The van der Waals surface area contributed by atoms with Gasteiger partial charge in [-0.25, -0.2) is 8.78 Å². The SMILES string of the molecule is CCOc1cc([C@H]2c3sc(=O)[nH]c3SC3C2[C@H]2C[C@@H]3C3C(=O)N(c4ccc(F)cc4)C(=O)C32)ccc1OCC(=O)Nc1ccc(F)cc1. The number of imide groups is 1. The van der Waals surface area contributed by atoms with Crippen LogP contribution >= 0.6 is 23.1 Å². The zero-order valence-corrected chi connectivity index (χ0v) is 27.1. The molecule has 2 N–H and O–H groups in total. The van der Waals surface area contributed by atoms with Crippen LogP contribution in [0.1, 0.15) is 29.7 Å². The normalized spacial score (nSPS) is 26.6. The number of rotatable bonds is 8. The number of ether oxygens (including phenoxy) is 2. The molecule has 2 aliphatic heterocycles. The van der Waals surface area contributed by atoms with Gasteiger partial charge in [-0.05, 0) is 97.3 Å². The van der Waals surface area contributed by atoms with Crippen LogP contribution in [0.15, 0.2) is 76.6 Å². The summed E-state index contributed by atoms with van der Waals surface area (Å²) < 4.78 is 38.8. The summed E-state index contributed by atoms with van der Waals surface area (Å²) in [4.78, 5) is 58.0. The number of anilines is 2. The van der Waals surface area contributed by atoms with Gasteiger partial charge in [-0.1, -0.05) is 17.4 Å². The van der Waals surface area contributed by atoms with Crippen LogP contribution in [0, 0.1) is 41.2 Å². The van der Waals surface area contributed by atoms with Crippen LogP contribution < -0.4 is 24.6 Å². The third kappa shape index (κ3) is 5.02. The monoisotopic (exact) mass is 689 g/mol. The summed E-state index contributed by atoms with van der Waals surface area (Å²) in [6.07, 6.45) is 0.727. The Morgan fingerprint density at radius 1 is 0.917 bits per heavy atom. The van der Waals surface area contributed by atoms with E-state index in [-0.39, 0.29) is 52.2 Å². The minimum absolute atomic E-state index is 0.00875. The number of aromatic nitrogens is 1. The quantitative estimate of drug-likeness (QED) is 0.224. The maximum absolute atomic E-state index is 13.9. The molecule has 48 heavy (non-hydrogen) atoms. The number of thioether (sulfide) groups is 1. The molecule has 1 aromatic heterocycles. The molecule has 13 heteroatoms. The molecule has 7 atom stereocenters. The van der Waals surface area contributed by atoms with Crippen LogP contribution in [0.5, 0.6) is 11.5 Å². The lowest BCUT2D eigenvalue weighted by atomic mass is 9.68. The van der Waals surface area contributed by atoms with Crippen molar-refractivity contribution in [2.45, 2.75) is 29.5 Å². The number of halogens is 2. The highest BCUT2D eigenvalue weighted by Gasteiger charge is 2.69. The van der Waals surface area contributed by atoms with E-state index >= 15 is 0 Å². The number of nitrogens with one attached hydrogen (secondary N) is 2. The van der Waals surface area contributed by atoms with Gasteiger partial charge < -0.3 is 19.8 Å². The van der Waals surface area contributed by atoms with E-state index in [1.54, 1.807) is 17.8 Å². The molecule has 4 aromatic rings. The fourth-order valence-electron chi connectivity index (χ4n) is 8.21. The molecule has 0 spiro atoms. The molecule has 3 aromatic carbocycles. The first kappa shape index (κ1) is 30.8. The predicted molar refractivity (Wildman–Crippen MR) is 176 cm³/mol. The van der Waals surface area contributed by atoms with E-state index in [2.05, 4.69) is 10.3 Å². The van der Waals surface area contributed by atoms with E-state index in [9.17, 15) is 28.0 Å². The first-order valence-electron chi connectivity index (χ1n) is 15.7. The van der Waals surface area contributed by atoms with Crippen molar-refractivity contribution in [3.05, 3.63) is 98.5 Å². The maximum Gasteiger partial charge on any atom is 0.305 e. The van der Waals surface area contributed by atoms with Gasteiger partial charge in [-0.3, -0.25) is 24.1 Å². The van der Waals surface area contributed by atoms with Gasteiger partial charge in [0.05, 0.1) is 29.2 Å². The topological polar surface area (TPSA) is 118 Å². The lowest BCUT2D eigenvalue weighted by molar-refractivity contribution is -0.123. The van der Waals surface area contributed by atoms with Crippen LogP contribution in [0.2, 0.25) is 0 Å². The number of nitrogens with zero attached hydrogens (tertiary/aromatic N) is 1. The number of hydrogen-bond acceptors (Lipinski definition) is 8. The zero-order chi connectivity index (χ0) is 33.3. The van der Waals surface area contributed by atoms with Gasteiger partial charge in [0.15, 0.2) is 18.1 Å². The van der Waals surface area contributed by atoms with E-state index in [0.717, 1.165) is 33.2 Å². The molecule has 0 radical (unpaired) electrons. The standard InChI is InChI=1S/C35H29F2N3O6S2/c1-2-45-24-13-16(3-12-23(24)46-15-25(41)38-19-8-4-17(36)5-9-19)26-27-21-14-22(30(27)47-32-31(26)48-35(44)39-32)29-28(21)33(42)40(34(29)43)20-10-6-18(37)7-11-20/h3-13,21-22,26-30H,2,14-15H2,1H3,(H,38,41)(H,39,44)/t21-,22-,26-,27?,28?,29?,30?/m1/s1. The molecule has 246 valence electrons. The lowest BCUT2D eigenvalue weighted by Crippen LogP contribution is -2.42. The van der Waals surface area contributed by atoms with Crippen molar-refractivity contribution < 1.29 is 32.6 Å². The second-order valence-corrected chi connectivity index (χ2v) is 14.6. The number of carbonyl (C=O) groups excluding carboxylic acids is 3. The Morgan fingerprint density at radius 3 is 2.31 bits per heavy atom. The molecule has 3 heterocycles. The first-order valence-corrected chi connectivity index (χ1v) is 17.4. The molecule has 9 nitrogen and oxygen atoms in total. The fraction of sp³-hybridized carbons (Fsp3) is 0.314. The zero-order valence-electron chi connectivity index (χ0n) is 25.5. The molecule has 3 amide bonds. The summed E-state index contributed by atoms with van der Waals surface area (Å²) in [7, 11) is 0. The van der Waals surface area contributed by atoms with Crippen molar-refractivity contribution in [2.75, 3.05) is 23.4 Å². The largest absolute Gasteiger partial charge is 0.490 e. The summed E-state index contributed by atoms with van der Waals surface area (Å²) in [6.45, 7) is 1.87. The third-order valence-electron chi connectivity index (χ3n) is 9.92. The molecular weight excluding hydrogens is 661 g/mol. The number of benzene rings is 3. The third-order valence-corrected chi connectivity index (χ3v) is 12.5. The molecule has 2 bridgehead atoms. The smallest absolute Gasteiger partial charge is 0.305 e. The Hall–Kier alpha value is -4.49. The number of amides is 3. The minimum atomic E-state index is -0.497. The minimum Gasteiger partial charge on any atom is -0.490 e. The number of hydrogen-bond donors (Lipinski definition) is 2. The van der Waals surface area contributed by atoms with Crippen molar-refractivity contribution >= 4 is 52.2 Å². The molecule has 4 unspecified atom stereocenters. The van der Waals surface area contributed by atoms with Crippen molar-refractivity contribution in [3.63, 3.8) is 0 Å².